The third-order valence-corrected chi connectivity index (χ3v) is 8.54. The van der Waals surface area contributed by atoms with Gasteiger partial charge < -0.3 is 15.0 Å². The van der Waals surface area contributed by atoms with E-state index in [1.165, 1.54) is 37.3 Å². The van der Waals surface area contributed by atoms with Crippen LogP contribution in [-0.4, -0.2) is 51.9 Å². The molecule has 0 radical (unpaired) electrons. The first-order valence-electron chi connectivity index (χ1n) is 12.5. The molecule has 208 valence electrons. The summed E-state index contributed by atoms with van der Waals surface area (Å²) in [5.74, 6) is -0.661. The lowest BCUT2D eigenvalue weighted by molar-refractivity contribution is -0.140. The van der Waals surface area contributed by atoms with Crippen LogP contribution < -0.4 is 14.4 Å². The van der Waals surface area contributed by atoms with Gasteiger partial charge in [0.05, 0.1) is 17.7 Å². The molecule has 0 bridgehead atoms. The Morgan fingerprint density at radius 2 is 1.69 bits per heavy atom. The number of nitrogens with one attached hydrogen (secondary N) is 1. The quantitative estimate of drug-likeness (QED) is 0.359. The average molecular weight is 572 g/mol. The van der Waals surface area contributed by atoms with Crippen molar-refractivity contribution in [2.45, 2.75) is 44.7 Å². The smallest absolute Gasteiger partial charge is 0.264 e. The van der Waals surface area contributed by atoms with E-state index in [-0.39, 0.29) is 33.8 Å². The van der Waals surface area contributed by atoms with Crippen LogP contribution in [0.25, 0.3) is 0 Å². The van der Waals surface area contributed by atoms with Gasteiger partial charge in [-0.15, -0.1) is 0 Å². The lowest BCUT2D eigenvalue weighted by atomic mass is 10.1. The van der Waals surface area contributed by atoms with Gasteiger partial charge in [-0.25, -0.2) is 8.42 Å². The number of hydrogen-bond acceptors (Lipinski definition) is 5. The third-order valence-electron chi connectivity index (χ3n) is 6.53. The Balaban J connectivity index is 2.14. The monoisotopic (exact) mass is 571 g/mol. The highest BCUT2D eigenvalue weighted by atomic mass is 35.5. The molecule has 0 aliphatic rings. The number of ether oxygens (including phenoxy) is 1. The number of carbonyl (C=O) groups is 2. The van der Waals surface area contributed by atoms with Gasteiger partial charge in [0, 0.05) is 18.6 Å². The van der Waals surface area contributed by atoms with E-state index in [1.54, 1.807) is 31.2 Å². The van der Waals surface area contributed by atoms with Crippen LogP contribution in [0.5, 0.6) is 5.75 Å². The zero-order valence-electron chi connectivity index (χ0n) is 22.8. The van der Waals surface area contributed by atoms with Gasteiger partial charge >= 0.3 is 0 Å². The number of methoxy groups -OCH3 is 1. The number of carbonyl (C=O) groups excluding carboxylic acids is 2. The Morgan fingerprint density at radius 3 is 2.28 bits per heavy atom. The fourth-order valence-corrected chi connectivity index (χ4v) is 5.85. The summed E-state index contributed by atoms with van der Waals surface area (Å²) >= 11 is 6.27. The fourth-order valence-electron chi connectivity index (χ4n) is 4.27. The Hall–Kier alpha value is -3.56. The molecule has 2 amide bonds. The molecule has 0 aliphatic carbocycles. The van der Waals surface area contributed by atoms with Crippen molar-refractivity contribution < 1.29 is 22.7 Å². The minimum absolute atomic E-state index is 0.00623. The number of anilines is 1. The second-order valence-corrected chi connectivity index (χ2v) is 11.4. The summed E-state index contributed by atoms with van der Waals surface area (Å²) in [7, 11) is -1.32. The largest absolute Gasteiger partial charge is 0.495 e. The molecule has 39 heavy (non-hydrogen) atoms. The van der Waals surface area contributed by atoms with Crippen LogP contribution in [0.3, 0.4) is 0 Å². The zero-order chi connectivity index (χ0) is 28.7. The van der Waals surface area contributed by atoms with Crippen LogP contribution in [-0.2, 0) is 26.2 Å². The molecule has 0 heterocycles. The van der Waals surface area contributed by atoms with Crippen LogP contribution in [0.4, 0.5) is 5.69 Å². The van der Waals surface area contributed by atoms with Crippen LogP contribution >= 0.6 is 11.6 Å². The maximum atomic E-state index is 14.0. The molecule has 1 unspecified atom stereocenters. The van der Waals surface area contributed by atoms with E-state index in [9.17, 15) is 18.0 Å². The fraction of sp³-hybridized carbons (Fsp3) is 0.310. The Kier molecular flexibility index (Phi) is 9.99. The first-order chi connectivity index (χ1) is 18.5. The van der Waals surface area contributed by atoms with Crippen molar-refractivity contribution in [3.63, 3.8) is 0 Å². The molecular weight excluding hydrogens is 538 g/mol. The predicted molar refractivity (Wildman–Crippen MR) is 154 cm³/mol. The van der Waals surface area contributed by atoms with Gasteiger partial charge in [-0.3, -0.25) is 13.9 Å². The van der Waals surface area contributed by atoms with Gasteiger partial charge in [0.1, 0.15) is 18.3 Å². The van der Waals surface area contributed by atoms with Crippen molar-refractivity contribution in [1.29, 1.82) is 0 Å². The molecule has 0 fully saturated rings. The average Bonchev–Trinajstić information content (AvgIpc) is 2.92. The molecule has 3 aromatic carbocycles. The maximum absolute atomic E-state index is 14.0. The van der Waals surface area contributed by atoms with E-state index in [2.05, 4.69) is 5.32 Å². The molecule has 1 atom stereocenters. The Labute approximate surface area is 235 Å². The normalized spacial score (nSPS) is 11.9. The minimum atomic E-state index is -4.24. The molecule has 0 aliphatic heterocycles. The SMILES string of the molecule is CCC(C(=O)NC)N(Cc1ccccc1C)C(=O)CN(c1cc(Cl)ccc1OC)S(=O)(=O)c1ccc(C)cc1. The molecule has 3 rings (SSSR count). The first-order valence-corrected chi connectivity index (χ1v) is 14.3. The van der Waals surface area contributed by atoms with E-state index in [4.69, 9.17) is 16.3 Å². The lowest BCUT2D eigenvalue weighted by Gasteiger charge is -2.33. The van der Waals surface area contributed by atoms with Crippen molar-refractivity contribution in [2.75, 3.05) is 25.0 Å². The Morgan fingerprint density at radius 1 is 1.03 bits per heavy atom. The molecule has 3 aromatic rings. The third kappa shape index (κ3) is 6.91. The maximum Gasteiger partial charge on any atom is 0.264 e. The molecule has 10 heteroatoms. The van der Waals surface area contributed by atoms with Gasteiger partial charge in [-0.1, -0.05) is 60.5 Å². The minimum Gasteiger partial charge on any atom is -0.495 e. The first kappa shape index (κ1) is 30.0. The number of halogens is 1. The summed E-state index contributed by atoms with van der Waals surface area (Å²) in [5, 5.41) is 2.90. The van der Waals surface area contributed by atoms with Crippen LogP contribution in [0.2, 0.25) is 5.02 Å². The van der Waals surface area contributed by atoms with Gasteiger partial charge in [-0.05, 0) is 61.7 Å². The lowest BCUT2D eigenvalue weighted by Crippen LogP contribution is -2.51. The molecule has 0 spiro atoms. The van der Waals surface area contributed by atoms with Gasteiger partial charge in [0.25, 0.3) is 10.0 Å². The summed E-state index contributed by atoms with van der Waals surface area (Å²) in [5.41, 5.74) is 2.80. The van der Waals surface area contributed by atoms with Crippen LogP contribution in [0, 0.1) is 13.8 Å². The van der Waals surface area contributed by atoms with Crippen molar-refractivity contribution in [1.82, 2.24) is 10.2 Å². The molecule has 1 N–H and O–H groups in total. The Bertz CT molecular complexity index is 1430. The molecular formula is C29H34ClN3O5S. The van der Waals surface area contributed by atoms with Crippen molar-refractivity contribution in [3.05, 3.63) is 88.4 Å². The number of amides is 2. The van der Waals surface area contributed by atoms with Crippen molar-refractivity contribution >= 4 is 39.1 Å². The number of benzene rings is 3. The standard InChI is InChI=1S/C29H34ClN3O5S/c1-6-25(29(35)31-4)32(18-22-10-8-7-9-21(22)3)28(34)19-33(26-17-23(30)13-16-27(26)38-5)39(36,37)24-14-11-20(2)12-15-24/h7-17,25H,6,18-19H2,1-5H3,(H,31,35). The van der Waals surface area contributed by atoms with Crippen LogP contribution in [0.15, 0.2) is 71.6 Å². The second-order valence-electron chi connectivity index (χ2n) is 9.13. The summed E-state index contributed by atoms with van der Waals surface area (Å²) in [4.78, 5) is 28.3. The number of hydrogen-bond donors (Lipinski definition) is 1. The highest BCUT2D eigenvalue weighted by molar-refractivity contribution is 7.92. The predicted octanol–water partition coefficient (Wildman–Crippen LogP) is 4.71. The molecule has 0 saturated heterocycles. The summed E-state index contributed by atoms with van der Waals surface area (Å²) < 4.78 is 34.4. The number of likely N-dealkylation sites (N-methyl/N-ethyl adjacent to an activating group) is 1. The molecule has 0 aromatic heterocycles. The number of nitrogens with zero attached hydrogens (tertiary/aromatic N) is 2. The van der Waals surface area contributed by atoms with E-state index in [1.807, 2.05) is 38.1 Å². The van der Waals surface area contributed by atoms with Gasteiger partial charge in [-0.2, -0.15) is 0 Å². The second kappa shape index (κ2) is 13.0. The molecule has 0 saturated carbocycles. The van der Waals surface area contributed by atoms with Crippen LogP contribution in [0.1, 0.15) is 30.0 Å². The topological polar surface area (TPSA) is 96.0 Å². The van der Waals surface area contributed by atoms with Gasteiger partial charge in [0.2, 0.25) is 11.8 Å². The number of rotatable bonds is 11. The van der Waals surface area contributed by atoms with E-state index in [0.717, 1.165) is 21.0 Å². The molecule has 8 nitrogen and oxygen atoms in total. The van der Waals surface area contributed by atoms with E-state index >= 15 is 0 Å². The summed E-state index contributed by atoms with van der Waals surface area (Å²) in [6.07, 6.45) is 0.336. The zero-order valence-corrected chi connectivity index (χ0v) is 24.3. The van der Waals surface area contributed by atoms with E-state index < -0.39 is 28.5 Å². The highest BCUT2D eigenvalue weighted by Gasteiger charge is 2.34. The van der Waals surface area contributed by atoms with Crippen molar-refractivity contribution in [3.8, 4) is 5.75 Å². The summed E-state index contributed by atoms with van der Waals surface area (Å²) in [6, 6.07) is 17.7. The number of sulfonamides is 1. The number of aryl methyl sites for hydroxylation is 2. The highest BCUT2D eigenvalue weighted by Crippen LogP contribution is 2.35. The van der Waals surface area contributed by atoms with Gasteiger partial charge in [0.15, 0.2) is 0 Å². The van der Waals surface area contributed by atoms with Crippen molar-refractivity contribution in [2.24, 2.45) is 0 Å². The summed E-state index contributed by atoms with van der Waals surface area (Å²) in [6.45, 7) is 5.13. The van der Waals surface area contributed by atoms with E-state index in [0.29, 0.717) is 6.42 Å².